The summed E-state index contributed by atoms with van der Waals surface area (Å²) in [5.74, 6) is 0.692. The van der Waals surface area contributed by atoms with Crippen LogP contribution in [0, 0.1) is 6.92 Å². The third-order valence-corrected chi connectivity index (χ3v) is 3.27. The molecule has 0 aliphatic heterocycles. The van der Waals surface area contributed by atoms with Crippen molar-refractivity contribution < 1.29 is 4.42 Å². The summed E-state index contributed by atoms with van der Waals surface area (Å²) in [7, 11) is 2.04. The Morgan fingerprint density at radius 2 is 2.12 bits per heavy atom. The minimum absolute atomic E-state index is 0.0769. The van der Waals surface area contributed by atoms with Crippen LogP contribution >= 0.6 is 0 Å². The monoisotopic (exact) mass is 233 g/mol. The molecule has 1 heterocycles. The molecule has 1 aromatic heterocycles. The second-order valence-electron chi connectivity index (χ2n) is 4.96. The molecular weight excluding hydrogens is 214 g/mol. The van der Waals surface area contributed by atoms with E-state index in [1.54, 1.807) is 0 Å². The minimum atomic E-state index is -0.0769. The standard InChI is InChI=1S/C13H19N3O/c1-9-15-11-7-10(5-6-12(11)17-9)16(4)13(2,3)8-14/h5-7H,8,14H2,1-4H3. The Labute approximate surface area is 101 Å². The molecule has 0 saturated heterocycles. The largest absolute Gasteiger partial charge is 0.441 e. The molecule has 0 bridgehead atoms. The van der Waals surface area contributed by atoms with Crippen LogP contribution in [0.5, 0.6) is 0 Å². The normalized spacial score (nSPS) is 12.1. The summed E-state index contributed by atoms with van der Waals surface area (Å²) in [5, 5.41) is 0. The van der Waals surface area contributed by atoms with Crippen LogP contribution < -0.4 is 10.6 Å². The number of likely N-dealkylation sites (N-methyl/N-ethyl adjacent to an activating group) is 1. The fraction of sp³-hybridized carbons (Fsp3) is 0.462. The van der Waals surface area contributed by atoms with Gasteiger partial charge in [0.2, 0.25) is 0 Å². The molecule has 2 rings (SSSR count). The Hall–Kier alpha value is -1.55. The van der Waals surface area contributed by atoms with Crippen molar-refractivity contribution in [1.29, 1.82) is 0 Å². The first-order valence-corrected chi connectivity index (χ1v) is 5.75. The van der Waals surface area contributed by atoms with Gasteiger partial charge in [0.1, 0.15) is 5.52 Å². The van der Waals surface area contributed by atoms with Gasteiger partial charge in [-0.25, -0.2) is 4.98 Å². The zero-order valence-corrected chi connectivity index (χ0v) is 10.8. The van der Waals surface area contributed by atoms with E-state index in [1.807, 2.05) is 32.2 Å². The molecule has 17 heavy (non-hydrogen) atoms. The lowest BCUT2D eigenvalue weighted by Crippen LogP contribution is -2.47. The topological polar surface area (TPSA) is 55.3 Å². The maximum atomic E-state index is 5.79. The van der Waals surface area contributed by atoms with Gasteiger partial charge >= 0.3 is 0 Å². The quantitative estimate of drug-likeness (QED) is 0.883. The van der Waals surface area contributed by atoms with Gasteiger partial charge < -0.3 is 15.1 Å². The molecule has 0 atom stereocenters. The van der Waals surface area contributed by atoms with Gasteiger partial charge in [-0.2, -0.15) is 0 Å². The van der Waals surface area contributed by atoms with Crippen molar-refractivity contribution in [3.05, 3.63) is 24.1 Å². The molecule has 0 amide bonds. The smallest absolute Gasteiger partial charge is 0.192 e. The van der Waals surface area contributed by atoms with Crippen LogP contribution in [0.2, 0.25) is 0 Å². The molecule has 92 valence electrons. The SMILES string of the molecule is Cc1nc2cc(N(C)C(C)(C)CN)ccc2o1. The lowest BCUT2D eigenvalue weighted by atomic mass is 10.0. The Bertz CT molecular complexity index is 530. The van der Waals surface area contributed by atoms with Crippen LogP contribution in [-0.4, -0.2) is 24.1 Å². The van der Waals surface area contributed by atoms with Gasteiger partial charge in [0.05, 0.1) is 0 Å². The van der Waals surface area contributed by atoms with E-state index >= 15 is 0 Å². The first-order chi connectivity index (χ1) is 7.94. The highest BCUT2D eigenvalue weighted by Gasteiger charge is 2.22. The van der Waals surface area contributed by atoms with Crippen molar-refractivity contribution in [3.8, 4) is 0 Å². The predicted octanol–water partition coefficient (Wildman–Crippen LogP) is 2.31. The lowest BCUT2D eigenvalue weighted by Gasteiger charge is -2.36. The van der Waals surface area contributed by atoms with Crippen LogP contribution in [-0.2, 0) is 0 Å². The number of nitrogens with two attached hydrogens (primary N) is 1. The number of anilines is 1. The van der Waals surface area contributed by atoms with Crippen LogP contribution in [0.1, 0.15) is 19.7 Å². The molecule has 2 N–H and O–H groups in total. The number of hydrogen-bond donors (Lipinski definition) is 1. The Kier molecular flexibility index (Phi) is 2.83. The molecule has 0 saturated carbocycles. The highest BCUT2D eigenvalue weighted by Crippen LogP contribution is 2.26. The highest BCUT2D eigenvalue weighted by atomic mass is 16.3. The van der Waals surface area contributed by atoms with Crippen LogP contribution in [0.4, 0.5) is 5.69 Å². The number of rotatable bonds is 3. The zero-order chi connectivity index (χ0) is 12.6. The molecule has 0 radical (unpaired) electrons. The molecule has 0 unspecified atom stereocenters. The maximum Gasteiger partial charge on any atom is 0.192 e. The van der Waals surface area contributed by atoms with Gasteiger partial charge in [0.25, 0.3) is 0 Å². The van der Waals surface area contributed by atoms with Crippen LogP contribution in [0.15, 0.2) is 22.6 Å². The average molecular weight is 233 g/mol. The number of aromatic nitrogens is 1. The Balaban J connectivity index is 2.42. The van der Waals surface area contributed by atoms with E-state index in [1.165, 1.54) is 0 Å². The second-order valence-corrected chi connectivity index (χ2v) is 4.96. The predicted molar refractivity (Wildman–Crippen MR) is 70.3 cm³/mol. The Morgan fingerprint density at radius 3 is 2.76 bits per heavy atom. The number of benzene rings is 1. The van der Waals surface area contributed by atoms with Gasteiger partial charge in [-0.15, -0.1) is 0 Å². The third kappa shape index (κ3) is 2.13. The van der Waals surface area contributed by atoms with Crippen molar-refractivity contribution in [3.63, 3.8) is 0 Å². The van der Waals surface area contributed by atoms with Crippen LogP contribution in [0.25, 0.3) is 11.1 Å². The first-order valence-electron chi connectivity index (χ1n) is 5.75. The number of fused-ring (bicyclic) bond motifs is 1. The minimum Gasteiger partial charge on any atom is -0.441 e. The number of oxazole rings is 1. The summed E-state index contributed by atoms with van der Waals surface area (Å²) in [5.41, 5.74) is 8.52. The molecule has 4 nitrogen and oxygen atoms in total. The fourth-order valence-corrected chi connectivity index (χ4v) is 1.73. The summed E-state index contributed by atoms with van der Waals surface area (Å²) >= 11 is 0. The van der Waals surface area contributed by atoms with Gasteiger partial charge in [0.15, 0.2) is 11.5 Å². The van der Waals surface area contributed by atoms with Crippen molar-refractivity contribution in [2.75, 3.05) is 18.5 Å². The molecule has 0 aliphatic rings. The summed E-state index contributed by atoms with van der Waals surface area (Å²) in [6, 6.07) is 6.02. The number of nitrogens with zero attached hydrogens (tertiary/aromatic N) is 2. The number of aryl methyl sites for hydroxylation is 1. The fourth-order valence-electron chi connectivity index (χ4n) is 1.73. The van der Waals surface area contributed by atoms with Crippen molar-refractivity contribution in [2.45, 2.75) is 26.3 Å². The van der Waals surface area contributed by atoms with E-state index in [2.05, 4.69) is 23.7 Å². The molecular formula is C13H19N3O. The summed E-state index contributed by atoms with van der Waals surface area (Å²) < 4.78 is 5.46. The van der Waals surface area contributed by atoms with Crippen molar-refractivity contribution in [1.82, 2.24) is 4.98 Å². The molecule has 0 fully saturated rings. The molecule has 1 aromatic carbocycles. The summed E-state index contributed by atoms with van der Waals surface area (Å²) in [6.07, 6.45) is 0. The lowest BCUT2D eigenvalue weighted by molar-refractivity contribution is 0.498. The van der Waals surface area contributed by atoms with Gasteiger partial charge in [-0.05, 0) is 32.0 Å². The van der Waals surface area contributed by atoms with E-state index in [-0.39, 0.29) is 5.54 Å². The van der Waals surface area contributed by atoms with E-state index in [4.69, 9.17) is 10.2 Å². The summed E-state index contributed by atoms with van der Waals surface area (Å²) in [6.45, 7) is 6.68. The van der Waals surface area contributed by atoms with Gasteiger partial charge in [-0.1, -0.05) is 0 Å². The van der Waals surface area contributed by atoms with Gasteiger partial charge in [0, 0.05) is 31.7 Å². The van der Waals surface area contributed by atoms with E-state index < -0.39 is 0 Å². The van der Waals surface area contributed by atoms with E-state index in [9.17, 15) is 0 Å². The first kappa shape index (κ1) is 11.9. The average Bonchev–Trinajstić information content (AvgIpc) is 2.66. The van der Waals surface area contributed by atoms with Crippen molar-refractivity contribution >= 4 is 16.8 Å². The van der Waals surface area contributed by atoms with E-state index in [0.29, 0.717) is 12.4 Å². The second kappa shape index (κ2) is 4.04. The molecule has 0 spiro atoms. The van der Waals surface area contributed by atoms with Crippen molar-refractivity contribution in [2.24, 2.45) is 5.73 Å². The molecule has 0 aliphatic carbocycles. The van der Waals surface area contributed by atoms with Gasteiger partial charge in [-0.3, -0.25) is 0 Å². The molecule has 2 aromatic rings. The highest BCUT2D eigenvalue weighted by molar-refractivity contribution is 5.77. The number of hydrogen-bond acceptors (Lipinski definition) is 4. The van der Waals surface area contributed by atoms with Crippen LogP contribution in [0.3, 0.4) is 0 Å². The molecule has 4 heteroatoms. The third-order valence-electron chi connectivity index (χ3n) is 3.27. The maximum absolute atomic E-state index is 5.79. The van der Waals surface area contributed by atoms with E-state index in [0.717, 1.165) is 16.8 Å². The zero-order valence-electron chi connectivity index (χ0n) is 10.8. The Morgan fingerprint density at radius 1 is 1.41 bits per heavy atom. The summed E-state index contributed by atoms with van der Waals surface area (Å²) in [4.78, 5) is 6.50.